The normalized spacial score (nSPS) is 21.4. The predicted octanol–water partition coefficient (Wildman–Crippen LogP) is 2.75. The van der Waals surface area contributed by atoms with E-state index in [0.29, 0.717) is 26.2 Å². The number of aromatic nitrogens is 6. The van der Waals surface area contributed by atoms with Gasteiger partial charge in [0.2, 0.25) is 17.6 Å². The maximum absolute atomic E-state index is 15.2. The van der Waals surface area contributed by atoms with E-state index in [4.69, 9.17) is 9.47 Å². The van der Waals surface area contributed by atoms with Crippen molar-refractivity contribution in [3.05, 3.63) is 36.3 Å². The van der Waals surface area contributed by atoms with Crippen LogP contribution in [0.1, 0.15) is 18.5 Å². The predicted molar refractivity (Wildman–Crippen MR) is 120 cm³/mol. The summed E-state index contributed by atoms with van der Waals surface area (Å²) in [4.78, 5) is 14.3. The molecule has 0 saturated carbocycles. The third-order valence-electron chi connectivity index (χ3n) is 6.68. The molecule has 190 valence electrons. The number of imidazole rings is 1. The third-order valence-corrected chi connectivity index (χ3v) is 6.68. The van der Waals surface area contributed by atoms with Crippen molar-refractivity contribution in [1.82, 2.24) is 33.9 Å². The number of rotatable bonds is 6. The number of nitrogens with one attached hydrogen (secondary N) is 1. The minimum absolute atomic E-state index is 0.0288. The number of ether oxygens (including phenoxy) is 2. The smallest absolute Gasteiger partial charge is 0.280 e. The van der Waals surface area contributed by atoms with Gasteiger partial charge in [-0.05, 0) is 6.42 Å². The molecule has 0 amide bonds. The highest BCUT2D eigenvalue weighted by atomic mass is 19.3. The van der Waals surface area contributed by atoms with E-state index in [1.54, 1.807) is 0 Å². The Hall–Kier alpha value is -3.52. The number of anilines is 1. The molecule has 2 fully saturated rings. The van der Waals surface area contributed by atoms with E-state index in [1.165, 1.54) is 24.0 Å². The second kappa shape index (κ2) is 8.85. The lowest BCUT2D eigenvalue weighted by Crippen LogP contribution is -2.57. The van der Waals surface area contributed by atoms with Gasteiger partial charge in [0.1, 0.15) is 17.4 Å². The van der Waals surface area contributed by atoms with E-state index in [1.807, 2.05) is 0 Å². The van der Waals surface area contributed by atoms with Gasteiger partial charge in [-0.2, -0.15) is 4.98 Å². The van der Waals surface area contributed by atoms with Crippen LogP contribution in [0.2, 0.25) is 0 Å². The van der Waals surface area contributed by atoms with Crippen molar-refractivity contribution in [1.29, 1.82) is 0 Å². The van der Waals surface area contributed by atoms with Crippen molar-refractivity contribution < 1.29 is 27.0 Å². The van der Waals surface area contributed by atoms with Crippen LogP contribution in [0.5, 0.6) is 5.88 Å². The molecule has 0 bridgehead atoms. The van der Waals surface area contributed by atoms with Gasteiger partial charge in [0.05, 0.1) is 50.4 Å². The first-order chi connectivity index (χ1) is 17.4. The lowest BCUT2D eigenvalue weighted by atomic mass is 10.0. The number of hydrogen-bond acceptors (Lipinski definition) is 8. The zero-order valence-corrected chi connectivity index (χ0v) is 19.1. The first-order valence-electron chi connectivity index (χ1n) is 11.4. The summed E-state index contributed by atoms with van der Waals surface area (Å²) in [5, 5.41) is 7.33. The van der Waals surface area contributed by atoms with Crippen LogP contribution < -0.4 is 10.1 Å². The molecule has 10 nitrogen and oxygen atoms in total. The molecule has 4 aromatic rings. The minimum atomic E-state index is -2.78. The molecule has 6 rings (SSSR count). The summed E-state index contributed by atoms with van der Waals surface area (Å²) in [6, 6.07) is -0.268. The average molecular weight is 506 g/mol. The van der Waals surface area contributed by atoms with Crippen molar-refractivity contribution in [2.75, 3.05) is 38.7 Å². The molecule has 0 unspecified atom stereocenters. The molecule has 36 heavy (non-hydrogen) atoms. The number of hydrogen-bond donors (Lipinski definition) is 1. The second-order valence-corrected chi connectivity index (χ2v) is 8.83. The van der Waals surface area contributed by atoms with Gasteiger partial charge in [-0.15, -0.1) is 5.10 Å². The zero-order valence-electron chi connectivity index (χ0n) is 19.1. The SMILES string of the molecule is COc1nc(N[C@H]2CCN(C3COC3)C[C@@H]2F)nn2cc(F)c(-c3cnc4ncc(C(F)F)n4c3)c12. The van der Waals surface area contributed by atoms with E-state index >= 15 is 4.39 Å². The Labute approximate surface area is 201 Å². The molecular weight excluding hydrogens is 484 g/mol. The van der Waals surface area contributed by atoms with Crippen LogP contribution in [0.3, 0.4) is 0 Å². The molecule has 0 aromatic carbocycles. The maximum atomic E-state index is 15.2. The van der Waals surface area contributed by atoms with Crippen LogP contribution in [0.25, 0.3) is 22.4 Å². The van der Waals surface area contributed by atoms with Gasteiger partial charge >= 0.3 is 0 Å². The summed E-state index contributed by atoms with van der Waals surface area (Å²) in [5.74, 6) is -0.508. The van der Waals surface area contributed by atoms with Gasteiger partial charge in [0, 0.05) is 31.0 Å². The van der Waals surface area contributed by atoms with Gasteiger partial charge in [0.15, 0.2) is 5.82 Å². The summed E-state index contributed by atoms with van der Waals surface area (Å²) in [7, 11) is 1.37. The van der Waals surface area contributed by atoms with E-state index < -0.39 is 24.5 Å². The Kier molecular flexibility index (Phi) is 5.63. The summed E-state index contributed by atoms with van der Waals surface area (Å²) < 4.78 is 69.7. The fraction of sp³-hybridized carbons (Fsp3) is 0.455. The van der Waals surface area contributed by atoms with Crippen LogP contribution >= 0.6 is 0 Å². The average Bonchev–Trinajstić information content (AvgIpc) is 3.39. The topological polar surface area (TPSA) is 94.1 Å². The summed E-state index contributed by atoms with van der Waals surface area (Å²) in [6.07, 6.45) is 1.40. The van der Waals surface area contributed by atoms with Gasteiger partial charge in [-0.25, -0.2) is 32.0 Å². The molecule has 0 aliphatic carbocycles. The third kappa shape index (κ3) is 3.80. The van der Waals surface area contributed by atoms with Crippen molar-refractivity contribution >= 4 is 17.2 Å². The Morgan fingerprint density at radius 2 is 2.00 bits per heavy atom. The van der Waals surface area contributed by atoms with E-state index in [2.05, 4.69) is 30.3 Å². The summed E-state index contributed by atoms with van der Waals surface area (Å²) >= 11 is 0. The number of nitrogens with zero attached hydrogens (tertiary/aromatic N) is 7. The van der Waals surface area contributed by atoms with Crippen molar-refractivity contribution in [3.8, 4) is 17.0 Å². The van der Waals surface area contributed by atoms with Crippen molar-refractivity contribution in [3.63, 3.8) is 0 Å². The minimum Gasteiger partial charge on any atom is -0.479 e. The van der Waals surface area contributed by atoms with Crippen molar-refractivity contribution in [2.45, 2.75) is 31.1 Å². The van der Waals surface area contributed by atoms with Crippen molar-refractivity contribution in [2.24, 2.45) is 0 Å². The van der Waals surface area contributed by atoms with E-state index in [-0.39, 0.29) is 52.5 Å². The van der Waals surface area contributed by atoms with Gasteiger partial charge < -0.3 is 14.8 Å². The fourth-order valence-corrected chi connectivity index (χ4v) is 4.70. The lowest BCUT2D eigenvalue weighted by Gasteiger charge is -2.42. The first kappa shape index (κ1) is 22.9. The van der Waals surface area contributed by atoms with Crippen LogP contribution in [-0.4, -0.2) is 85.5 Å². The maximum Gasteiger partial charge on any atom is 0.280 e. The highest BCUT2D eigenvalue weighted by molar-refractivity contribution is 5.84. The lowest BCUT2D eigenvalue weighted by molar-refractivity contribution is -0.0794. The first-order valence-corrected chi connectivity index (χ1v) is 11.4. The molecule has 2 aliphatic heterocycles. The Morgan fingerprint density at radius 1 is 1.19 bits per heavy atom. The quantitative estimate of drug-likeness (QED) is 0.399. The number of piperidine rings is 1. The fourth-order valence-electron chi connectivity index (χ4n) is 4.70. The number of halogens is 4. The number of likely N-dealkylation sites (tertiary alicyclic amines) is 1. The zero-order chi connectivity index (χ0) is 25.0. The van der Waals surface area contributed by atoms with E-state index in [0.717, 1.165) is 16.8 Å². The highest BCUT2D eigenvalue weighted by Gasteiger charge is 2.36. The van der Waals surface area contributed by atoms with Crippen LogP contribution in [0, 0.1) is 5.82 Å². The Bertz CT molecular complexity index is 1420. The Balaban J connectivity index is 1.33. The Morgan fingerprint density at radius 3 is 2.69 bits per heavy atom. The second-order valence-electron chi connectivity index (χ2n) is 8.83. The number of alkyl halides is 3. The molecule has 2 aliphatic rings. The molecule has 2 atom stereocenters. The summed E-state index contributed by atoms with van der Waals surface area (Å²) in [5.41, 5.74) is 0.0499. The molecule has 1 N–H and O–H groups in total. The number of fused-ring (bicyclic) bond motifs is 2. The van der Waals surface area contributed by atoms with E-state index in [9.17, 15) is 13.2 Å². The summed E-state index contributed by atoms with van der Waals surface area (Å²) in [6.45, 7) is 2.22. The van der Waals surface area contributed by atoms with Gasteiger partial charge in [0.25, 0.3) is 6.43 Å². The van der Waals surface area contributed by atoms with Crippen LogP contribution in [-0.2, 0) is 4.74 Å². The largest absolute Gasteiger partial charge is 0.479 e. The van der Waals surface area contributed by atoms with Crippen LogP contribution in [0.15, 0.2) is 24.8 Å². The molecule has 14 heteroatoms. The van der Waals surface area contributed by atoms with Crippen LogP contribution in [0.4, 0.5) is 23.5 Å². The molecule has 0 radical (unpaired) electrons. The number of methoxy groups -OCH3 is 1. The standard InChI is InChI=1S/C22H22F4N8O2/c1-35-20-18-17(11-4-27-22-28-5-16(19(25)26)33(22)6-11)14(24)8-34(18)31-21(30-20)29-15-2-3-32(7-13(15)23)12-9-36-10-12/h4-6,8,12-13,15,19H,2-3,7,9-10H2,1H3,(H,29,31)/t13-,15-/m0/s1. The monoisotopic (exact) mass is 506 g/mol. The molecule has 2 saturated heterocycles. The molecular formula is C22H22F4N8O2. The molecule has 0 spiro atoms. The van der Waals surface area contributed by atoms with Gasteiger partial charge in [-0.1, -0.05) is 0 Å². The molecule has 4 aromatic heterocycles. The highest BCUT2D eigenvalue weighted by Crippen LogP contribution is 2.34. The van der Waals surface area contributed by atoms with Gasteiger partial charge in [-0.3, -0.25) is 9.30 Å². The molecule has 6 heterocycles.